The number of nitrogens with one attached hydrogen (secondary N) is 1. The Morgan fingerprint density at radius 1 is 1.08 bits per heavy atom. The molecule has 2 unspecified atom stereocenters. The first-order valence-corrected chi connectivity index (χ1v) is 20.2. The van der Waals surface area contributed by atoms with Crippen molar-refractivity contribution in [3.05, 3.63) is 19.4 Å². The van der Waals surface area contributed by atoms with Crippen LogP contribution in [-0.4, -0.2) is 35.1 Å². The van der Waals surface area contributed by atoms with Crippen LogP contribution in [0.1, 0.15) is 27.7 Å². The molecule has 1 heterocycles. The molecule has 2 atom stereocenters. The van der Waals surface area contributed by atoms with Crippen molar-refractivity contribution in [2.75, 3.05) is 0 Å². The number of allylic oxidation sites excluding steroid dienone is 2. The van der Waals surface area contributed by atoms with E-state index in [2.05, 4.69) is 72.3 Å². The summed E-state index contributed by atoms with van der Waals surface area (Å²) < 4.78 is 8.26. The van der Waals surface area contributed by atoms with Gasteiger partial charge in [0.2, 0.25) is 0 Å². The molecule has 0 aromatic rings. The van der Waals surface area contributed by atoms with E-state index >= 15 is 0 Å². The zero-order valence-corrected chi connectivity index (χ0v) is 24.4. The Bertz CT molecular complexity index is 594. The number of halogens is 2. The van der Waals surface area contributed by atoms with E-state index in [9.17, 15) is 0 Å². The summed E-state index contributed by atoms with van der Waals surface area (Å²) in [5.41, 5.74) is 1.57. The molecule has 1 aliphatic carbocycles. The average Bonchev–Trinajstić information content (AvgIpc) is 2.90. The molecule has 0 bridgehead atoms. The topological polar surface area (TPSA) is 21.3 Å². The fraction of sp³-hybridized carbons (Fsp3) is 0.765. The number of fused-ring (bicyclic) bond motifs is 1. The number of rotatable bonds is 5. The third kappa shape index (κ3) is 4.86. The fourth-order valence-electron chi connectivity index (χ4n) is 3.62. The zero-order chi connectivity index (χ0) is 18.0. The Kier molecular flexibility index (Phi) is 8.43. The predicted molar refractivity (Wildman–Crippen MR) is 105 cm³/mol. The molecular formula is C17H34Cl2NOSi3Zr. The van der Waals surface area contributed by atoms with Crippen LogP contribution in [0.25, 0.3) is 0 Å². The van der Waals surface area contributed by atoms with Crippen LogP contribution < -0.4 is 30.1 Å². The summed E-state index contributed by atoms with van der Waals surface area (Å²) in [7, 11) is -4.05. The second kappa shape index (κ2) is 8.00. The van der Waals surface area contributed by atoms with E-state index in [1.807, 2.05) is 5.20 Å². The second-order valence-electron chi connectivity index (χ2n) is 9.93. The van der Waals surface area contributed by atoms with E-state index < -0.39 is 23.5 Å². The smallest absolute Gasteiger partial charge is 1.00 e. The Labute approximate surface area is 185 Å². The summed E-state index contributed by atoms with van der Waals surface area (Å²) >= 11 is 1.57. The molecule has 2 nitrogen and oxygen atoms in total. The van der Waals surface area contributed by atoms with Crippen LogP contribution in [0.2, 0.25) is 45.3 Å². The summed E-state index contributed by atoms with van der Waals surface area (Å²) in [6, 6.07) is 1.40. The molecule has 0 aromatic heterocycles. The molecule has 0 aromatic carbocycles. The molecule has 1 aliphatic heterocycles. The van der Waals surface area contributed by atoms with Gasteiger partial charge in [-0.3, -0.25) is 0 Å². The molecule has 1 N–H and O–H groups in total. The van der Waals surface area contributed by atoms with Gasteiger partial charge in [0.1, 0.15) is 0 Å². The van der Waals surface area contributed by atoms with Crippen LogP contribution >= 0.6 is 0 Å². The van der Waals surface area contributed by atoms with Gasteiger partial charge in [0, 0.05) is 0 Å². The molecule has 1 saturated heterocycles. The van der Waals surface area contributed by atoms with Crippen molar-refractivity contribution in [2.45, 2.75) is 84.7 Å². The molecular weight excluding hydrogens is 481 g/mol. The van der Waals surface area contributed by atoms with Gasteiger partial charge in [0.05, 0.1) is 0 Å². The number of hydrogen-bond donors (Lipinski definition) is 1. The van der Waals surface area contributed by atoms with Crippen LogP contribution in [0.3, 0.4) is 0 Å². The van der Waals surface area contributed by atoms with Crippen LogP contribution in [0.4, 0.5) is 0 Å². The Morgan fingerprint density at radius 3 is 1.92 bits per heavy atom. The third-order valence-electron chi connectivity index (χ3n) is 5.47. The van der Waals surface area contributed by atoms with E-state index in [1.54, 1.807) is 33.2 Å². The summed E-state index contributed by atoms with van der Waals surface area (Å²) in [6.45, 7) is 24.0. The van der Waals surface area contributed by atoms with E-state index in [0.717, 1.165) is 0 Å². The zero-order valence-electron chi connectivity index (χ0n) is 17.4. The van der Waals surface area contributed by atoms with E-state index in [-0.39, 0.29) is 36.5 Å². The summed E-state index contributed by atoms with van der Waals surface area (Å²) in [5.74, 6) is 0. The molecule has 0 spiro atoms. The first kappa shape index (κ1) is 26.4. The van der Waals surface area contributed by atoms with Crippen molar-refractivity contribution >= 4 is 23.5 Å². The largest absolute Gasteiger partial charge is 1.00 e. The van der Waals surface area contributed by atoms with Crippen molar-refractivity contribution in [2.24, 2.45) is 0 Å². The van der Waals surface area contributed by atoms with Crippen molar-refractivity contribution < 1.29 is 54.0 Å². The Balaban J connectivity index is 0.00000288. The number of hydrogen-bond acceptors (Lipinski definition) is 2. The van der Waals surface area contributed by atoms with Crippen LogP contribution in [-0.2, 0) is 29.1 Å². The van der Waals surface area contributed by atoms with Crippen LogP contribution in [0.15, 0.2) is 19.4 Å². The van der Waals surface area contributed by atoms with Crippen molar-refractivity contribution in [3.63, 3.8) is 0 Å². The summed E-state index contributed by atoms with van der Waals surface area (Å²) in [6.07, 6.45) is 0.242. The quantitative estimate of drug-likeness (QED) is 0.458. The normalized spacial score (nSPS) is 26.2. The molecule has 143 valence electrons. The van der Waals surface area contributed by atoms with Crippen LogP contribution in [0.5, 0.6) is 0 Å². The van der Waals surface area contributed by atoms with Crippen molar-refractivity contribution in [1.82, 2.24) is 5.32 Å². The Hall–Kier alpha value is 1.35. The fourth-order valence-corrected chi connectivity index (χ4v) is 21.7. The molecule has 0 amide bonds. The van der Waals surface area contributed by atoms with Gasteiger partial charge in [0.15, 0.2) is 0 Å². The molecule has 25 heavy (non-hydrogen) atoms. The molecule has 2 rings (SSSR count). The monoisotopic (exact) mass is 512 g/mol. The van der Waals surface area contributed by atoms with Gasteiger partial charge in [-0.2, -0.15) is 0 Å². The van der Waals surface area contributed by atoms with Gasteiger partial charge < -0.3 is 24.8 Å². The maximum absolute atomic E-state index is 6.63. The molecule has 1 fully saturated rings. The van der Waals surface area contributed by atoms with Gasteiger partial charge in [-0.05, 0) is 0 Å². The van der Waals surface area contributed by atoms with Gasteiger partial charge in [0.25, 0.3) is 0 Å². The molecule has 8 heteroatoms. The molecule has 0 saturated carbocycles. The minimum absolute atomic E-state index is 0. The SMILES string of the molecule is CC[Si](C)(C)[Si]1(C)C2=[C]([Zr+2])C(O[Si](C)(C)C)C(NC(C)(C)C)=C21.[Cl-].[Cl-]. The van der Waals surface area contributed by atoms with Crippen molar-refractivity contribution in [1.29, 1.82) is 0 Å². The maximum atomic E-state index is 6.63. The van der Waals surface area contributed by atoms with E-state index in [0.29, 0.717) is 0 Å². The van der Waals surface area contributed by atoms with Gasteiger partial charge in [-0.1, -0.05) is 0 Å². The van der Waals surface area contributed by atoms with Gasteiger partial charge in [-0.25, -0.2) is 0 Å². The maximum Gasteiger partial charge on any atom is -1.00 e. The van der Waals surface area contributed by atoms with Crippen molar-refractivity contribution in [3.8, 4) is 0 Å². The van der Waals surface area contributed by atoms with E-state index in [4.69, 9.17) is 4.43 Å². The summed E-state index contributed by atoms with van der Waals surface area (Å²) in [4.78, 5) is 0. The van der Waals surface area contributed by atoms with Gasteiger partial charge >= 0.3 is 162 Å². The summed E-state index contributed by atoms with van der Waals surface area (Å²) in [5, 5.41) is 7.44. The molecule has 2 aliphatic rings. The first-order valence-electron chi connectivity index (χ1n) is 8.83. The van der Waals surface area contributed by atoms with Crippen LogP contribution in [0, 0.1) is 0 Å². The third-order valence-corrected chi connectivity index (χ3v) is 26.2. The first-order chi connectivity index (χ1) is 10.2. The van der Waals surface area contributed by atoms with E-state index in [1.165, 1.54) is 11.7 Å². The minimum Gasteiger partial charge on any atom is -1.00 e. The molecule has 0 radical (unpaired) electrons. The predicted octanol–water partition coefficient (Wildman–Crippen LogP) is -1.35. The van der Waals surface area contributed by atoms with Gasteiger partial charge in [-0.15, -0.1) is 0 Å². The standard InChI is InChI=1S/C17H34NOSi3.2ClH.Zr/c1-11-21(8,9)22(10)14-12-13(19-20(5,6)7)15(16(14)22)18-17(2,3)4;;;/h13,18H,11H2,1-10H3;2*1H;/q;;;+2/p-2. The second-order valence-corrected chi connectivity index (χ2v) is 30.5. The Morgan fingerprint density at radius 2 is 1.56 bits per heavy atom. The average molecular weight is 515 g/mol. The minimum atomic E-state index is -1.56.